The second-order valence-electron chi connectivity index (χ2n) is 6.82. The van der Waals surface area contributed by atoms with Gasteiger partial charge in [0, 0.05) is 37.0 Å². The Labute approximate surface area is 164 Å². The van der Waals surface area contributed by atoms with Crippen LogP contribution < -0.4 is 19.6 Å². The monoisotopic (exact) mass is 382 g/mol. The molecule has 28 heavy (non-hydrogen) atoms. The van der Waals surface area contributed by atoms with E-state index in [1.807, 2.05) is 50.6 Å². The average molecular weight is 382 g/mol. The van der Waals surface area contributed by atoms with E-state index in [-0.39, 0.29) is 5.43 Å². The number of benzene rings is 2. The minimum Gasteiger partial charge on any atom is -0.497 e. The van der Waals surface area contributed by atoms with Crippen LogP contribution in [0.5, 0.6) is 17.2 Å². The van der Waals surface area contributed by atoms with Crippen LogP contribution >= 0.6 is 0 Å². The van der Waals surface area contributed by atoms with Gasteiger partial charge in [0.1, 0.15) is 17.2 Å². The van der Waals surface area contributed by atoms with Crippen LogP contribution in [0, 0.1) is 0 Å². The van der Waals surface area contributed by atoms with Crippen LogP contribution in [0.4, 0.5) is 0 Å². The van der Waals surface area contributed by atoms with Crippen molar-refractivity contribution in [2.45, 2.75) is 6.54 Å². The van der Waals surface area contributed by atoms with E-state index in [4.69, 9.17) is 14.2 Å². The Morgan fingerprint density at radius 1 is 0.929 bits per heavy atom. The summed E-state index contributed by atoms with van der Waals surface area (Å²) in [5.41, 5.74) is 2.18. The van der Waals surface area contributed by atoms with Gasteiger partial charge in [0.2, 0.25) is 5.43 Å². The summed E-state index contributed by atoms with van der Waals surface area (Å²) in [4.78, 5) is 15.5. The van der Waals surface area contributed by atoms with Crippen molar-refractivity contribution in [3.63, 3.8) is 0 Å². The molecule has 0 amide bonds. The normalized spacial score (nSPS) is 11.1. The van der Waals surface area contributed by atoms with Crippen LogP contribution in [0.2, 0.25) is 0 Å². The Balaban J connectivity index is 2.29. The molecule has 0 fully saturated rings. The zero-order valence-corrected chi connectivity index (χ0v) is 17.0. The Morgan fingerprint density at radius 3 is 2.18 bits per heavy atom. The van der Waals surface area contributed by atoms with Crippen molar-refractivity contribution in [3.8, 4) is 28.4 Å². The maximum Gasteiger partial charge on any atom is 0.200 e. The molecule has 0 unspecified atom stereocenters. The standard InChI is InChI=1S/C22H26N2O4/c1-23(2)10-11-24-14-18(15-6-8-16(26-3)9-7-15)22(25)21-19(24)12-17(27-4)13-20(21)28-5/h6-9,12-14H,10-11H2,1-5H3. The number of pyridine rings is 1. The molecular formula is C22H26N2O4. The first-order chi connectivity index (χ1) is 13.5. The summed E-state index contributed by atoms with van der Waals surface area (Å²) in [5.74, 6) is 1.91. The first-order valence-electron chi connectivity index (χ1n) is 9.06. The molecule has 0 atom stereocenters. The van der Waals surface area contributed by atoms with Crippen molar-refractivity contribution in [1.29, 1.82) is 0 Å². The van der Waals surface area contributed by atoms with E-state index in [1.54, 1.807) is 27.4 Å². The SMILES string of the molecule is COc1ccc(-c2cn(CCN(C)C)c3cc(OC)cc(OC)c3c2=O)cc1. The van der Waals surface area contributed by atoms with Crippen molar-refractivity contribution in [3.05, 3.63) is 52.8 Å². The molecule has 0 saturated heterocycles. The molecule has 2 aromatic carbocycles. The number of fused-ring (bicyclic) bond motifs is 1. The van der Waals surface area contributed by atoms with Gasteiger partial charge in [0.25, 0.3) is 0 Å². The summed E-state index contributed by atoms with van der Waals surface area (Å²) < 4.78 is 18.3. The molecule has 0 aliphatic carbocycles. The fourth-order valence-electron chi connectivity index (χ4n) is 3.20. The van der Waals surface area contributed by atoms with Crippen LogP contribution in [0.25, 0.3) is 22.0 Å². The molecule has 0 radical (unpaired) electrons. The highest BCUT2D eigenvalue weighted by Crippen LogP contribution is 2.31. The smallest absolute Gasteiger partial charge is 0.200 e. The number of rotatable bonds is 7. The molecule has 0 N–H and O–H groups in total. The summed E-state index contributed by atoms with van der Waals surface area (Å²) in [6, 6.07) is 11.1. The summed E-state index contributed by atoms with van der Waals surface area (Å²) in [6.07, 6.45) is 1.91. The number of methoxy groups -OCH3 is 3. The third-order valence-corrected chi connectivity index (χ3v) is 4.77. The fraction of sp³-hybridized carbons (Fsp3) is 0.318. The van der Waals surface area contributed by atoms with E-state index < -0.39 is 0 Å². The lowest BCUT2D eigenvalue weighted by Gasteiger charge is -2.18. The van der Waals surface area contributed by atoms with Crippen molar-refractivity contribution < 1.29 is 14.2 Å². The second-order valence-corrected chi connectivity index (χ2v) is 6.82. The highest BCUT2D eigenvalue weighted by molar-refractivity contribution is 5.90. The zero-order valence-electron chi connectivity index (χ0n) is 17.0. The molecule has 6 nitrogen and oxygen atoms in total. The summed E-state index contributed by atoms with van der Waals surface area (Å²) in [6.45, 7) is 1.56. The Bertz CT molecular complexity index is 1020. The molecule has 1 aromatic heterocycles. The van der Waals surface area contributed by atoms with E-state index in [0.717, 1.165) is 29.9 Å². The Kier molecular flexibility index (Phi) is 5.90. The lowest BCUT2D eigenvalue weighted by atomic mass is 10.0. The van der Waals surface area contributed by atoms with Crippen molar-refractivity contribution >= 4 is 10.9 Å². The minimum absolute atomic E-state index is 0.0687. The van der Waals surface area contributed by atoms with E-state index in [2.05, 4.69) is 9.47 Å². The van der Waals surface area contributed by atoms with Gasteiger partial charge in [0.05, 0.1) is 32.2 Å². The maximum atomic E-state index is 13.4. The molecule has 0 saturated carbocycles. The van der Waals surface area contributed by atoms with Gasteiger partial charge < -0.3 is 23.7 Å². The number of ether oxygens (including phenoxy) is 3. The molecular weight excluding hydrogens is 356 g/mol. The van der Waals surface area contributed by atoms with Gasteiger partial charge in [-0.15, -0.1) is 0 Å². The Hall–Kier alpha value is -2.99. The maximum absolute atomic E-state index is 13.4. The lowest BCUT2D eigenvalue weighted by Crippen LogP contribution is -2.21. The molecule has 0 aliphatic rings. The van der Waals surface area contributed by atoms with Gasteiger partial charge in [-0.2, -0.15) is 0 Å². The van der Waals surface area contributed by atoms with E-state index in [0.29, 0.717) is 22.4 Å². The van der Waals surface area contributed by atoms with Crippen molar-refractivity contribution in [1.82, 2.24) is 9.47 Å². The van der Waals surface area contributed by atoms with Crippen LogP contribution in [0.3, 0.4) is 0 Å². The van der Waals surface area contributed by atoms with Crippen LogP contribution in [0.15, 0.2) is 47.4 Å². The van der Waals surface area contributed by atoms with E-state index in [9.17, 15) is 4.79 Å². The van der Waals surface area contributed by atoms with E-state index in [1.165, 1.54) is 0 Å². The topological polar surface area (TPSA) is 52.9 Å². The zero-order chi connectivity index (χ0) is 20.3. The van der Waals surface area contributed by atoms with Crippen LogP contribution in [-0.4, -0.2) is 51.4 Å². The van der Waals surface area contributed by atoms with Crippen LogP contribution in [0.1, 0.15) is 0 Å². The molecule has 0 bridgehead atoms. The molecule has 0 aliphatic heterocycles. The van der Waals surface area contributed by atoms with Gasteiger partial charge in [-0.05, 0) is 31.8 Å². The highest BCUT2D eigenvalue weighted by Gasteiger charge is 2.17. The largest absolute Gasteiger partial charge is 0.497 e. The third kappa shape index (κ3) is 3.82. The van der Waals surface area contributed by atoms with Crippen molar-refractivity contribution in [2.75, 3.05) is 42.0 Å². The van der Waals surface area contributed by atoms with Crippen LogP contribution in [-0.2, 0) is 6.54 Å². The van der Waals surface area contributed by atoms with Crippen molar-refractivity contribution in [2.24, 2.45) is 0 Å². The number of hydrogen-bond acceptors (Lipinski definition) is 5. The van der Waals surface area contributed by atoms with Gasteiger partial charge in [-0.1, -0.05) is 12.1 Å². The van der Waals surface area contributed by atoms with Gasteiger partial charge in [-0.25, -0.2) is 0 Å². The number of nitrogens with zero attached hydrogens (tertiary/aromatic N) is 2. The minimum atomic E-state index is -0.0687. The molecule has 3 rings (SSSR count). The lowest BCUT2D eigenvalue weighted by molar-refractivity contribution is 0.385. The quantitative estimate of drug-likeness (QED) is 0.628. The summed E-state index contributed by atoms with van der Waals surface area (Å²) >= 11 is 0. The predicted octanol–water partition coefficient (Wildman–Crippen LogP) is 3.26. The van der Waals surface area contributed by atoms with E-state index >= 15 is 0 Å². The molecule has 3 aromatic rings. The number of aromatic nitrogens is 1. The van der Waals surface area contributed by atoms with Gasteiger partial charge in [-0.3, -0.25) is 4.79 Å². The summed E-state index contributed by atoms with van der Waals surface area (Å²) in [7, 11) is 8.84. The Morgan fingerprint density at radius 2 is 1.61 bits per heavy atom. The molecule has 6 heteroatoms. The second kappa shape index (κ2) is 8.35. The van der Waals surface area contributed by atoms with Gasteiger partial charge in [0.15, 0.2) is 0 Å². The molecule has 1 heterocycles. The first kappa shape index (κ1) is 19.8. The third-order valence-electron chi connectivity index (χ3n) is 4.77. The molecule has 148 valence electrons. The first-order valence-corrected chi connectivity index (χ1v) is 9.06. The average Bonchev–Trinajstić information content (AvgIpc) is 2.72. The fourth-order valence-corrected chi connectivity index (χ4v) is 3.20. The van der Waals surface area contributed by atoms with Gasteiger partial charge >= 0.3 is 0 Å². The number of likely N-dealkylation sites (N-methyl/N-ethyl adjacent to an activating group) is 1. The number of hydrogen-bond donors (Lipinski definition) is 0. The predicted molar refractivity (Wildman–Crippen MR) is 112 cm³/mol. The molecule has 0 spiro atoms. The summed E-state index contributed by atoms with van der Waals surface area (Å²) in [5, 5.41) is 0.551. The highest BCUT2D eigenvalue weighted by atomic mass is 16.5.